The Morgan fingerprint density at radius 3 is 2.81 bits per heavy atom. The summed E-state index contributed by atoms with van der Waals surface area (Å²) in [5.74, 6) is 0.121. The van der Waals surface area contributed by atoms with E-state index in [0.29, 0.717) is 41.4 Å². The first-order valence-corrected chi connectivity index (χ1v) is 10.9. The Hall–Kier alpha value is -1.91. The van der Waals surface area contributed by atoms with Gasteiger partial charge < -0.3 is 9.47 Å². The van der Waals surface area contributed by atoms with Gasteiger partial charge in [-0.05, 0) is 24.6 Å². The molecule has 11 heteroatoms. The molecule has 0 bridgehead atoms. The molecule has 8 nitrogen and oxygen atoms in total. The first kappa shape index (κ1) is 23.7. The van der Waals surface area contributed by atoms with Crippen LogP contribution in [0.3, 0.4) is 0 Å². The summed E-state index contributed by atoms with van der Waals surface area (Å²) in [4.78, 5) is 22.3. The first-order chi connectivity index (χ1) is 14.5. The van der Waals surface area contributed by atoms with Crippen LogP contribution in [-0.4, -0.2) is 72.1 Å². The van der Waals surface area contributed by atoms with Gasteiger partial charge in [0.15, 0.2) is 5.13 Å². The van der Waals surface area contributed by atoms with Crippen LogP contribution in [-0.2, 0) is 11.8 Å². The van der Waals surface area contributed by atoms with Gasteiger partial charge in [0, 0.05) is 44.4 Å². The minimum atomic E-state index is -0.184. The summed E-state index contributed by atoms with van der Waals surface area (Å²) in [6.45, 7) is 6.34. The van der Waals surface area contributed by atoms with Crippen LogP contribution >= 0.6 is 35.3 Å². The molecular weight excluding hydrogens is 461 g/mol. The quantitative estimate of drug-likeness (QED) is 0.532. The van der Waals surface area contributed by atoms with Gasteiger partial charge in [0.05, 0.1) is 30.5 Å². The minimum absolute atomic E-state index is 0. The molecule has 0 N–H and O–H groups in total. The number of hydrogen-bond acceptors (Lipinski definition) is 7. The molecule has 168 valence electrons. The highest BCUT2D eigenvalue weighted by molar-refractivity contribution is 7.22. The van der Waals surface area contributed by atoms with Crippen LogP contribution in [0.25, 0.3) is 10.2 Å². The van der Waals surface area contributed by atoms with Crippen LogP contribution in [0, 0.1) is 6.92 Å². The number of aromatic nitrogens is 3. The number of benzene rings is 1. The summed E-state index contributed by atoms with van der Waals surface area (Å²) in [6, 6.07) is 3.78. The molecule has 3 heterocycles. The fraction of sp³-hybridized carbons (Fsp3) is 0.450. The molecule has 3 aromatic rings. The molecule has 0 radical (unpaired) electrons. The van der Waals surface area contributed by atoms with Crippen molar-refractivity contribution >= 4 is 56.6 Å². The number of fused-ring (bicyclic) bond motifs is 1. The topological polar surface area (TPSA) is 72.7 Å². The Morgan fingerprint density at radius 2 is 2.10 bits per heavy atom. The third kappa shape index (κ3) is 5.12. The van der Waals surface area contributed by atoms with E-state index in [1.807, 2.05) is 19.1 Å². The molecule has 1 saturated heterocycles. The highest BCUT2D eigenvalue weighted by Crippen LogP contribution is 2.34. The summed E-state index contributed by atoms with van der Waals surface area (Å²) in [6.07, 6.45) is 1.68. The lowest BCUT2D eigenvalue weighted by Crippen LogP contribution is -2.43. The zero-order valence-corrected chi connectivity index (χ0v) is 20.0. The number of aryl methyl sites for hydroxylation is 2. The molecular formula is C20H25Cl2N5O3S. The lowest BCUT2D eigenvalue weighted by atomic mass is 10.2. The zero-order valence-electron chi connectivity index (χ0n) is 17.6. The first-order valence-electron chi connectivity index (χ1n) is 9.72. The molecule has 2 aromatic heterocycles. The van der Waals surface area contributed by atoms with Gasteiger partial charge in [-0.3, -0.25) is 19.3 Å². The SMILES string of the molecule is COc1nn(C)cc1C(=O)N(CCN1CCOCC1)c1nc2c(C)cc(Cl)cc2s1.Cl. The molecule has 1 aliphatic rings. The standard InChI is InChI=1S/C20H24ClN5O3S.ClH/c1-13-10-14(21)11-16-17(13)22-20(30-16)26(5-4-25-6-8-29-9-7-25)19(27)15-12-24(2)23-18(15)28-3;/h10-12H,4-9H2,1-3H3;1H. The smallest absolute Gasteiger partial charge is 0.267 e. The van der Waals surface area contributed by atoms with Crippen molar-refractivity contribution in [3.63, 3.8) is 0 Å². The minimum Gasteiger partial charge on any atom is -0.479 e. The van der Waals surface area contributed by atoms with E-state index < -0.39 is 0 Å². The van der Waals surface area contributed by atoms with Gasteiger partial charge in [-0.25, -0.2) is 4.98 Å². The Bertz CT molecular complexity index is 1060. The maximum absolute atomic E-state index is 13.5. The maximum Gasteiger partial charge on any atom is 0.267 e. The number of carbonyl (C=O) groups excluding carboxylic acids is 1. The number of carbonyl (C=O) groups is 1. The largest absolute Gasteiger partial charge is 0.479 e. The number of ether oxygens (including phenoxy) is 2. The second-order valence-corrected chi connectivity index (χ2v) is 8.65. The molecule has 1 aliphatic heterocycles. The third-order valence-electron chi connectivity index (χ3n) is 5.08. The number of amides is 1. The summed E-state index contributed by atoms with van der Waals surface area (Å²) >= 11 is 7.69. The number of rotatable bonds is 6. The van der Waals surface area contributed by atoms with E-state index in [1.54, 1.807) is 22.8 Å². The van der Waals surface area contributed by atoms with Gasteiger partial charge in [-0.15, -0.1) is 17.5 Å². The van der Waals surface area contributed by atoms with Crippen molar-refractivity contribution in [1.82, 2.24) is 19.7 Å². The van der Waals surface area contributed by atoms with Crippen LogP contribution in [0.2, 0.25) is 5.02 Å². The van der Waals surface area contributed by atoms with Crippen molar-refractivity contribution in [2.75, 3.05) is 51.4 Å². The summed E-state index contributed by atoms with van der Waals surface area (Å²) in [7, 11) is 3.28. The van der Waals surface area contributed by atoms with Crippen LogP contribution in [0.5, 0.6) is 5.88 Å². The maximum atomic E-state index is 13.5. The average molecular weight is 486 g/mol. The molecule has 0 spiro atoms. The van der Waals surface area contributed by atoms with Crippen LogP contribution in [0.4, 0.5) is 5.13 Å². The van der Waals surface area contributed by atoms with Gasteiger partial charge in [-0.1, -0.05) is 22.9 Å². The molecule has 0 atom stereocenters. The number of morpholine rings is 1. The number of thiazole rings is 1. The fourth-order valence-corrected chi connectivity index (χ4v) is 4.96. The van der Waals surface area contributed by atoms with E-state index in [2.05, 4.69) is 10.00 Å². The van der Waals surface area contributed by atoms with Crippen LogP contribution in [0.15, 0.2) is 18.3 Å². The zero-order chi connectivity index (χ0) is 21.3. The summed E-state index contributed by atoms with van der Waals surface area (Å²) in [5.41, 5.74) is 2.26. The second-order valence-electron chi connectivity index (χ2n) is 7.20. The molecule has 31 heavy (non-hydrogen) atoms. The van der Waals surface area contributed by atoms with Crippen molar-refractivity contribution < 1.29 is 14.3 Å². The second kappa shape index (κ2) is 10.1. The van der Waals surface area contributed by atoms with Gasteiger partial charge in [0.25, 0.3) is 5.91 Å². The van der Waals surface area contributed by atoms with E-state index >= 15 is 0 Å². The number of hydrogen-bond donors (Lipinski definition) is 0. The van der Waals surface area contributed by atoms with Crippen molar-refractivity contribution in [2.24, 2.45) is 7.05 Å². The van der Waals surface area contributed by atoms with E-state index in [1.165, 1.54) is 18.4 Å². The fourth-order valence-electron chi connectivity index (χ4n) is 3.52. The highest BCUT2D eigenvalue weighted by atomic mass is 35.5. The normalized spacial score (nSPS) is 14.5. The Labute approximate surface area is 196 Å². The average Bonchev–Trinajstić information content (AvgIpc) is 3.32. The number of halogens is 2. The number of anilines is 1. The molecule has 0 aliphatic carbocycles. The molecule has 1 aromatic carbocycles. The predicted molar refractivity (Wildman–Crippen MR) is 125 cm³/mol. The highest BCUT2D eigenvalue weighted by Gasteiger charge is 2.27. The van der Waals surface area contributed by atoms with Crippen LogP contribution in [0.1, 0.15) is 15.9 Å². The molecule has 1 fully saturated rings. The van der Waals surface area contributed by atoms with Crippen molar-refractivity contribution in [2.45, 2.75) is 6.92 Å². The monoisotopic (exact) mass is 485 g/mol. The van der Waals surface area contributed by atoms with Gasteiger partial charge in [0.1, 0.15) is 5.56 Å². The summed E-state index contributed by atoms with van der Waals surface area (Å²) < 4.78 is 13.3. The number of methoxy groups -OCH3 is 1. The Morgan fingerprint density at radius 1 is 1.35 bits per heavy atom. The Kier molecular flexibility index (Phi) is 7.77. The molecule has 0 unspecified atom stereocenters. The molecule has 0 saturated carbocycles. The van der Waals surface area contributed by atoms with Crippen molar-refractivity contribution in [3.8, 4) is 5.88 Å². The van der Waals surface area contributed by atoms with Crippen molar-refractivity contribution in [1.29, 1.82) is 0 Å². The van der Waals surface area contributed by atoms with Gasteiger partial charge in [-0.2, -0.15) is 0 Å². The molecule has 1 amide bonds. The Balaban J connectivity index is 0.00000272. The number of nitrogens with zero attached hydrogens (tertiary/aromatic N) is 5. The van der Waals surface area contributed by atoms with E-state index in [9.17, 15) is 4.79 Å². The summed E-state index contributed by atoms with van der Waals surface area (Å²) in [5, 5.41) is 5.53. The van der Waals surface area contributed by atoms with Crippen molar-refractivity contribution in [3.05, 3.63) is 34.5 Å². The van der Waals surface area contributed by atoms with E-state index in [-0.39, 0.29) is 18.3 Å². The van der Waals surface area contributed by atoms with Gasteiger partial charge >= 0.3 is 0 Å². The lowest BCUT2D eigenvalue weighted by Gasteiger charge is -2.29. The third-order valence-corrected chi connectivity index (χ3v) is 6.32. The van der Waals surface area contributed by atoms with Gasteiger partial charge in [0.2, 0.25) is 5.88 Å². The molecule has 4 rings (SSSR count). The predicted octanol–water partition coefficient (Wildman–Crippen LogP) is 3.40. The van der Waals surface area contributed by atoms with Crippen LogP contribution < -0.4 is 9.64 Å². The van der Waals surface area contributed by atoms with E-state index in [4.69, 9.17) is 26.1 Å². The lowest BCUT2D eigenvalue weighted by molar-refractivity contribution is 0.0391. The van der Waals surface area contributed by atoms with E-state index in [0.717, 1.165) is 35.4 Å².